The van der Waals surface area contributed by atoms with E-state index in [0.29, 0.717) is 6.54 Å². The summed E-state index contributed by atoms with van der Waals surface area (Å²) >= 11 is 0. The van der Waals surface area contributed by atoms with E-state index in [2.05, 4.69) is 45.9 Å². The molecular weight excluding hydrogens is 298 g/mol. The Morgan fingerprint density at radius 1 is 1.17 bits per heavy atom. The molecule has 4 nitrogen and oxygen atoms in total. The van der Waals surface area contributed by atoms with E-state index in [0.717, 1.165) is 40.7 Å². The molecule has 0 fully saturated rings. The molecule has 2 heterocycles. The van der Waals surface area contributed by atoms with Gasteiger partial charge in [-0.2, -0.15) is 0 Å². The number of carbonyl (C=O) groups excluding carboxylic acids is 1. The van der Waals surface area contributed by atoms with Gasteiger partial charge in [-0.15, -0.1) is 0 Å². The Kier molecular flexibility index (Phi) is 3.62. The Labute approximate surface area is 141 Å². The van der Waals surface area contributed by atoms with Crippen molar-refractivity contribution in [1.29, 1.82) is 0 Å². The maximum absolute atomic E-state index is 12.4. The third kappa shape index (κ3) is 2.39. The standard InChI is InChI=1S/C20H21N3O/c1-12-9-16-18-15(7-8-22-20(16)24)19(23-17(18)10-12)14-5-3-13(4-6-14)11-21-2/h3-6,9-10,21,23H,7-8,11H2,1-2H3,(H,22,24). The lowest BCUT2D eigenvalue weighted by Gasteiger charge is -2.06. The summed E-state index contributed by atoms with van der Waals surface area (Å²) in [6.45, 7) is 3.56. The van der Waals surface area contributed by atoms with Crippen LogP contribution >= 0.6 is 0 Å². The van der Waals surface area contributed by atoms with E-state index in [1.807, 2.05) is 20.0 Å². The lowest BCUT2D eigenvalue weighted by atomic mass is 9.98. The molecule has 0 bridgehead atoms. The minimum Gasteiger partial charge on any atom is -0.354 e. The zero-order valence-corrected chi connectivity index (χ0v) is 14.0. The molecule has 0 atom stereocenters. The van der Waals surface area contributed by atoms with Gasteiger partial charge in [0.1, 0.15) is 0 Å². The lowest BCUT2D eigenvalue weighted by Crippen LogP contribution is -2.23. The van der Waals surface area contributed by atoms with Gasteiger partial charge in [-0.3, -0.25) is 4.79 Å². The lowest BCUT2D eigenvalue weighted by molar-refractivity contribution is 0.0957. The molecule has 0 saturated heterocycles. The topological polar surface area (TPSA) is 56.9 Å². The molecule has 1 aliphatic rings. The third-order valence-electron chi connectivity index (χ3n) is 4.67. The molecule has 3 aromatic rings. The first-order chi connectivity index (χ1) is 11.7. The van der Waals surface area contributed by atoms with Crippen molar-refractivity contribution in [2.75, 3.05) is 13.6 Å². The summed E-state index contributed by atoms with van der Waals surface area (Å²) in [4.78, 5) is 15.9. The molecule has 0 spiro atoms. The Morgan fingerprint density at radius 3 is 2.71 bits per heavy atom. The van der Waals surface area contributed by atoms with Crippen molar-refractivity contribution in [2.45, 2.75) is 19.9 Å². The summed E-state index contributed by atoms with van der Waals surface area (Å²) in [5.74, 6) is 0.0253. The molecule has 1 aromatic heterocycles. The number of nitrogens with one attached hydrogen (secondary N) is 3. The molecule has 1 amide bonds. The van der Waals surface area contributed by atoms with E-state index in [9.17, 15) is 4.79 Å². The van der Waals surface area contributed by atoms with Crippen molar-refractivity contribution in [2.24, 2.45) is 0 Å². The number of aryl methyl sites for hydroxylation is 1. The molecule has 2 aromatic carbocycles. The van der Waals surface area contributed by atoms with Crippen molar-refractivity contribution in [3.63, 3.8) is 0 Å². The molecule has 1 aliphatic heterocycles. The average molecular weight is 319 g/mol. The second-order valence-corrected chi connectivity index (χ2v) is 6.45. The number of benzene rings is 2. The van der Waals surface area contributed by atoms with Gasteiger partial charge in [0.2, 0.25) is 0 Å². The number of aromatic amines is 1. The maximum atomic E-state index is 12.4. The first kappa shape index (κ1) is 15.0. The molecular formula is C20H21N3O. The van der Waals surface area contributed by atoms with Gasteiger partial charge in [0, 0.05) is 35.2 Å². The fourth-order valence-electron chi connectivity index (χ4n) is 3.61. The Morgan fingerprint density at radius 2 is 1.96 bits per heavy atom. The number of aromatic nitrogens is 1. The number of carbonyl (C=O) groups is 1. The smallest absolute Gasteiger partial charge is 0.251 e. The van der Waals surface area contributed by atoms with Crippen molar-refractivity contribution in [1.82, 2.24) is 15.6 Å². The number of amides is 1. The van der Waals surface area contributed by atoms with Crippen LogP contribution in [-0.2, 0) is 13.0 Å². The summed E-state index contributed by atoms with van der Waals surface area (Å²) in [5.41, 5.74) is 7.72. The van der Waals surface area contributed by atoms with Crippen LogP contribution in [0.1, 0.15) is 27.0 Å². The third-order valence-corrected chi connectivity index (χ3v) is 4.67. The molecule has 0 aliphatic carbocycles. The van der Waals surface area contributed by atoms with E-state index in [1.165, 1.54) is 16.7 Å². The molecule has 0 unspecified atom stereocenters. The van der Waals surface area contributed by atoms with Crippen LogP contribution in [0.3, 0.4) is 0 Å². The highest BCUT2D eigenvalue weighted by atomic mass is 16.1. The minimum atomic E-state index is 0.0253. The molecule has 24 heavy (non-hydrogen) atoms. The summed E-state index contributed by atoms with van der Waals surface area (Å²) in [5, 5.41) is 7.25. The highest BCUT2D eigenvalue weighted by Crippen LogP contribution is 2.34. The number of H-pyrrole nitrogens is 1. The van der Waals surface area contributed by atoms with Crippen LogP contribution in [-0.4, -0.2) is 24.5 Å². The van der Waals surface area contributed by atoms with Crippen LogP contribution in [0.5, 0.6) is 0 Å². The fraction of sp³-hybridized carbons (Fsp3) is 0.250. The Balaban J connectivity index is 1.91. The Hall–Kier alpha value is -2.59. The van der Waals surface area contributed by atoms with E-state index in [1.54, 1.807) is 0 Å². The normalized spacial score (nSPS) is 13.8. The van der Waals surface area contributed by atoms with Crippen LogP contribution in [0.4, 0.5) is 0 Å². The van der Waals surface area contributed by atoms with Crippen LogP contribution in [0.25, 0.3) is 22.2 Å². The largest absolute Gasteiger partial charge is 0.354 e. The average Bonchev–Trinajstić information content (AvgIpc) is 2.84. The van der Waals surface area contributed by atoms with Gasteiger partial charge in [0.15, 0.2) is 0 Å². The molecule has 4 heteroatoms. The zero-order chi connectivity index (χ0) is 16.7. The predicted octanol–water partition coefficient (Wildman–Crippen LogP) is 3.15. The zero-order valence-electron chi connectivity index (χ0n) is 14.0. The summed E-state index contributed by atoms with van der Waals surface area (Å²) in [6.07, 6.45) is 0.843. The second-order valence-electron chi connectivity index (χ2n) is 6.45. The minimum absolute atomic E-state index is 0.0253. The second kappa shape index (κ2) is 5.80. The maximum Gasteiger partial charge on any atom is 0.251 e. The highest BCUT2D eigenvalue weighted by molar-refractivity contribution is 6.10. The quantitative estimate of drug-likeness (QED) is 0.694. The molecule has 122 valence electrons. The van der Waals surface area contributed by atoms with Crippen molar-refractivity contribution in [3.8, 4) is 11.3 Å². The predicted molar refractivity (Wildman–Crippen MR) is 97.3 cm³/mol. The molecule has 0 saturated carbocycles. The summed E-state index contributed by atoms with van der Waals surface area (Å²) < 4.78 is 0. The van der Waals surface area contributed by atoms with Crippen molar-refractivity contribution < 1.29 is 4.79 Å². The van der Waals surface area contributed by atoms with Gasteiger partial charge in [-0.05, 0) is 54.8 Å². The van der Waals surface area contributed by atoms with Gasteiger partial charge in [0.05, 0.1) is 0 Å². The van der Waals surface area contributed by atoms with Gasteiger partial charge >= 0.3 is 0 Å². The van der Waals surface area contributed by atoms with E-state index in [-0.39, 0.29) is 5.91 Å². The van der Waals surface area contributed by atoms with Crippen LogP contribution < -0.4 is 10.6 Å². The SMILES string of the molecule is CNCc1ccc(-c2[nH]c3cc(C)cc4c3c2CCNC4=O)cc1. The van der Waals surface area contributed by atoms with Crippen LogP contribution in [0.2, 0.25) is 0 Å². The van der Waals surface area contributed by atoms with Gasteiger partial charge in [0.25, 0.3) is 5.91 Å². The first-order valence-corrected chi connectivity index (χ1v) is 8.34. The molecule has 3 N–H and O–H groups in total. The highest BCUT2D eigenvalue weighted by Gasteiger charge is 2.22. The number of hydrogen-bond donors (Lipinski definition) is 3. The van der Waals surface area contributed by atoms with Gasteiger partial charge in [-0.1, -0.05) is 24.3 Å². The number of rotatable bonds is 3. The van der Waals surface area contributed by atoms with E-state index in [4.69, 9.17) is 0 Å². The summed E-state index contributed by atoms with van der Waals surface area (Å²) in [6, 6.07) is 12.7. The van der Waals surface area contributed by atoms with Crippen molar-refractivity contribution >= 4 is 16.8 Å². The summed E-state index contributed by atoms with van der Waals surface area (Å²) in [7, 11) is 1.95. The number of hydrogen-bond acceptors (Lipinski definition) is 2. The van der Waals surface area contributed by atoms with Crippen LogP contribution in [0.15, 0.2) is 36.4 Å². The molecule has 4 rings (SSSR count). The molecule has 0 radical (unpaired) electrons. The van der Waals surface area contributed by atoms with E-state index < -0.39 is 0 Å². The van der Waals surface area contributed by atoms with Gasteiger partial charge < -0.3 is 15.6 Å². The van der Waals surface area contributed by atoms with Crippen LogP contribution in [0, 0.1) is 6.92 Å². The van der Waals surface area contributed by atoms with Crippen molar-refractivity contribution in [3.05, 3.63) is 58.7 Å². The van der Waals surface area contributed by atoms with Gasteiger partial charge in [-0.25, -0.2) is 0 Å². The Bertz CT molecular complexity index is 922. The monoisotopic (exact) mass is 319 g/mol. The first-order valence-electron chi connectivity index (χ1n) is 8.34. The fourth-order valence-corrected chi connectivity index (χ4v) is 3.61. The van der Waals surface area contributed by atoms with E-state index >= 15 is 0 Å².